The highest BCUT2D eigenvalue weighted by molar-refractivity contribution is 5.84. The first-order valence-electron chi connectivity index (χ1n) is 4.42. The minimum absolute atomic E-state index is 0.175. The van der Waals surface area contributed by atoms with E-state index in [0.29, 0.717) is 0 Å². The van der Waals surface area contributed by atoms with Gasteiger partial charge in [0.1, 0.15) is 6.04 Å². The molecule has 1 atom stereocenters. The third-order valence-corrected chi connectivity index (χ3v) is 1.55. The lowest BCUT2D eigenvalue weighted by atomic mass is 10.0. The summed E-state index contributed by atoms with van der Waals surface area (Å²) in [7, 11) is 1.28. The van der Waals surface area contributed by atoms with Crippen molar-refractivity contribution in [2.75, 3.05) is 7.11 Å². The van der Waals surface area contributed by atoms with Gasteiger partial charge in [0.25, 0.3) is 0 Å². The van der Waals surface area contributed by atoms with Crippen LogP contribution >= 0.6 is 0 Å². The number of hydrogen-bond donors (Lipinski definition) is 2. The Balaban J connectivity index is 4.01. The lowest BCUT2D eigenvalue weighted by molar-refractivity contribution is -0.144. The number of hydrogen-bond acceptors (Lipinski definition) is 4. The fraction of sp³-hybridized carbons (Fsp3) is 0.778. The molecular weight excluding hydrogens is 184 g/mol. The van der Waals surface area contributed by atoms with Gasteiger partial charge >= 0.3 is 5.97 Å². The van der Waals surface area contributed by atoms with E-state index in [0.717, 1.165) is 0 Å². The number of methoxy groups -OCH3 is 1. The molecule has 14 heavy (non-hydrogen) atoms. The third kappa shape index (κ3) is 5.53. The highest BCUT2D eigenvalue weighted by Crippen LogP contribution is 2.03. The monoisotopic (exact) mass is 202 g/mol. The van der Waals surface area contributed by atoms with Crippen LogP contribution in [-0.4, -0.2) is 30.6 Å². The standard InChI is InChI=1S/C9H18N2O3/c1-6(8(13)14-4)11-7(12)5-9(2,3)10/h6H,5,10H2,1-4H3,(H,11,12)/t6-/m0/s1. The maximum absolute atomic E-state index is 11.3. The fourth-order valence-corrected chi connectivity index (χ4v) is 0.942. The van der Waals surface area contributed by atoms with Crippen LogP contribution in [-0.2, 0) is 14.3 Å². The van der Waals surface area contributed by atoms with E-state index >= 15 is 0 Å². The predicted octanol–water partition coefficient (Wildman–Crippen LogP) is -0.208. The molecule has 0 aliphatic heterocycles. The average molecular weight is 202 g/mol. The molecule has 0 aromatic rings. The zero-order chi connectivity index (χ0) is 11.4. The molecule has 0 saturated carbocycles. The molecule has 0 aliphatic rings. The van der Waals surface area contributed by atoms with Gasteiger partial charge in [0, 0.05) is 12.0 Å². The molecule has 0 heterocycles. The minimum atomic E-state index is -0.630. The van der Waals surface area contributed by atoms with Crippen molar-refractivity contribution in [3.05, 3.63) is 0 Å². The molecule has 0 saturated heterocycles. The molecule has 0 bridgehead atoms. The van der Waals surface area contributed by atoms with Gasteiger partial charge < -0.3 is 15.8 Å². The molecule has 0 spiro atoms. The summed E-state index contributed by atoms with van der Waals surface area (Å²) >= 11 is 0. The minimum Gasteiger partial charge on any atom is -0.467 e. The molecular formula is C9H18N2O3. The van der Waals surface area contributed by atoms with Crippen molar-refractivity contribution in [1.29, 1.82) is 0 Å². The summed E-state index contributed by atoms with van der Waals surface area (Å²) in [5, 5.41) is 2.49. The first-order valence-corrected chi connectivity index (χ1v) is 4.42. The molecule has 0 aromatic heterocycles. The Labute approximate surface area is 84.0 Å². The number of carbonyl (C=O) groups excluding carboxylic acids is 2. The summed E-state index contributed by atoms with van der Waals surface area (Å²) < 4.78 is 4.46. The van der Waals surface area contributed by atoms with Crippen LogP contribution in [0.4, 0.5) is 0 Å². The van der Waals surface area contributed by atoms with Crippen molar-refractivity contribution in [2.45, 2.75) is 38.8 Å². The van der Waals surface area contributed by atoms with Crippen molar-refractivity contribution in [1.82, 2.24) is 5.32 Å². The van der Waals surface area contributed by atoms with Gasteiger partial charge in [-0.05, 0) is 20.8 Å². The smallest absolute Gasteiger partial charge is 0.328 e. The van der Waals surface area contributed by atoms with Crippen LogP contribution in [0.2, 0.25) is 0 Å². The summed E-state index contributed by atoms with van der Waals surface area (Å²) in [6.45, 7) is 5.05. The molecule has 0 rings (SSSR count). The Hall–Kier alpha value is -1.10. The van der Waals surface area contributed by atoms with Crippen molar-refractivity contribution in [3.63, 3.8) is 0 Å². The lowest BCUT2D eigenvalue weighted by Gasteiger charge is -2.19. The van der Waals surface area contributed by atoms with E-state index < -0.39 is 17.6 Å². The number of rotatable bonds is 4. The molecule has 0 aromatic carbocycles. The topological polar surface area (TPSA) is 81.4 Å². The van der Waals surface area contributed by atoms with Crippen LogP contribution in [0.5, 0.6) is 0 Å². The number of esters is 1. The normalized spacial score (nSPS) is 13.2. The largest absolute Gasteiger partial charge is 0.467 e. The van der Waals surface area contributed by atoms with E-state index in [1.165, 1.54) is 7.11 Å². The van der Waals surface area contributed by atoms with Gasteiger partial charge in [-0.2, -0.15) is 0 Å². The van der Waals surface area contributed by atoms with Crippen LogP contribution < -0.4 is 11.1 Å². The number of nitrogens with two attached hydrogens (primary N) is 1. The Bertz CT molecular complexity index is 221. The van der Waals surface area contributed by atoms with Crippen molar-refractivity contribution < 1.29 is 14.3 Å². The summed E-state index contributed by atoms with van der Waals surface area (Å²) in [5.74, 6) is -0.719. The maximum Gasteiger partial charge on any atom is 0.328 e. The second-order valence-electron chi connectivity index (χ2n) is 3.98. The van der Waals surface area contributed by atoms with Gasteiger partial charge in [0.05, 0.1) is 7.11 Å². The molecule has 0 radical (unpaired) electrons. The van der Waals surface area contributed by atoms with Gasteiger partial charge in [0.15, 0.2) is 0 Å². The fourth-order valence-electron chi connectivity index (χ4n) is 0.942. The van der Waals surface area contributed by atoms with E-state index in [1.807, 2.05) is 0 Å². The second-order valence-corrected chi connectivity index (χ2v) is 3.98. The summed E-state index contributed by atoms with van der Waals surface area (Å²) in [4.78, 5) is 22.2. The Kier molecular flexibility index (Phi) is 4.56. The average Bonchev–Trinajstić information content (AvgIpc) is 1.99. The SMILES string of the molecule is COC(=O)[C@H](C)NC(=O)CC(C)(C)N. The van der Waals surface area contributed by atoms with Crippen molar-refractivity contribution in [3.8, 4) is 0 Å². The first-order chi connectivity index (χ1) is 6.26. The van der Waals surface area contributed by atoms with Crippen LogP contribution in [0.15, 0.2) is 0 Å². The summed E-state index contributed by atoms with van der Waals surface area (Å²) in [6.07, 6.45) is 0.175. The van der Waals surface area contributed by atoms with Crippen LogP contribution in [0.25, 0.3) is 0 Å². The molecule has 0 aliphatic carbocycles. The third-order valence-electron chi connectivity index (χ3n) is 1.55. The molecule has 82 valence electrons. The highest BCUT2D eigenvalue weighted by atomic mass is 16.5. The first kappa shape index (κ1) is 12.9. The number of carbonyl (C=O) groups is 2. The van der Waals surface area contributed by atoms with E-state index in [2.05, 4.69) is 10.1 Å². The predicted molar refractivity (Wildman–Crippen MR) is 52.5 cm³/mol. The van der Waals surface area contributed by atoms with Crippen molar-refractivity contribution >= 4 is 11.9 Å². The molecule has 3 N–H and O–H groups in total. The second kappa shape index (κ2) is 4.95. The number of amides is 1. The van der Waals surface area contributed by atoms with Crippen LogP contribution in [0.3, 0.4) is 0 Å². The summed E-state index contributed by atoms with van der Waals surface area (Å²) in [5.41, 5.74) is 5.07. The zero-order valence-corrected chi connectivity index (χ0v) is 9.09. The van der Waals surface area contributed by atoms with Gasteiger partial charge in [-0.1, -0.05) is 0 Å². The zero-order valence-electron chi connectivity index (χ0n) is 9.09. The molecule has 5 heteroatoms. The lowest BCUT2D eigenvalue weighted by Crippen LogP contribution is -2.44. The van der Waals surface area contributed by atoms with Gasteiger partial charge in [-0.25, -0.2) is 4.79 Å². The molecule has 0 fully saturated rings. The van der Waals surface area contributed by atoms with Crippen molar-refractivity contribution in [2.24, 2.45) is 5.73 Å². The maximum atomic E-state index is 11.3. The summed E-state index contributed by atoms with van der Waals surface area (Å²) in [6, 6.07) is -0.630. The number of ether oxygens (including phenoxy) is 1. The molecule has 0 unspecified atom stereocenters. The van der Waals surface area contributed by atoms with Gasteiger partial charge in [-0.15, -0.1) is 0 Å². The van der Waals surface area contributed by atoms with Gasteiger partial charge in [0.2, 0.25) is 5.91 Å². The van der Waals surface area contributed by atoms with E-state index in [9.17, 15) is 9.59 Å². The quantitative estimate of drug-likeness (QED) is 0.618. The van der Waals surface area contributed by atoms with Crippen LogP contribution in [0, 0.1) is 0 Å². The Morgan fingerprint density at radius 3 is 2.36 bits per heavy atom. The molecule has 5 nitrogen and oxygen atoms in total. The highest BCUT2D eigenvalue weighted by Gasteiger charge is 2.20. The van der Waals surface area contributed by atoms with E-state index in [1.54, 1.807) is 20.8 Å². The number of nitrogens with one attached hydrogen (secondary N) is 1. The Morgan fingerprint density at radius 1 is 1.50 bits per heavy atom. The van der Waals surface area contributed by atoms with E-state index in [4.69, 9.17) is 5.73 Å². The van der Waals surface area contributed by atoms with Gasteiger partial charge in [-0.3, -0.25) is 4.79 Å². The Morgan fingerprint density at radius 2 is 2.00 bits per heavy atom. The molecule has 1 amide bonds. The van der Waals surface area contributed by atoms with Crippen LogP contribution in [0.1, 0.15) is 27.2 Å². The van der Waals surface area contributed by atoms with E-state index in [-0.39, 0.29) is 12.3 Å².